The Kier molecular flexibility index (Phi) is 5.16. The summed E-state index contributed by atoms with van der Waals surface area (Å²) < 4.78 is 0. The highest BCUT2D eigenvalue weighted by Crippen LogP contribution is 2.18. The number of aliphatic hydroxyl groups excluding tert-OH is 1. The van der Waals surface area contributed by atoms with Gasteiger partial charge in [-0.25, -0.2) is 0 Å². The molecule has 2 rings (SSSR count). The summed E-state index contributed by atoms with van der Waals surface area (Å²) in [5, 5.41) is 13.3. The van der Waals surface area contributed by atoms with Gasteiger partial charge in [-0.2, -0.15) is 0 Å². The van der Waals surface area contributed by atoms with Crippen LogP contribution in [0, 0.1) is 11.8 Å². The molecule has 0 unspecified atom stereocenters. The molecule has 2 amide bonds. The molecule has 1 aromatic heterocycles. The fourth-order valence-electron chi connectivity index (χ4n) is 1.90. The van der Waals surface area contributed by atoms with Crippen molar-refractivity contribution in [2.75, 3.05) is 26.2 Å². The standard InChI is InChI=1S/C14H16N2O3S/c17-9-2-1-3-11-5-10-20-13(11)14(19)16-7-4-12(18)15-6-8-16/h5,10,17H,2,4,6-9H2,(H,15,18). The van der Waals surface area contributed by atoms with Gasteiger partial charge in [-0.3, -0.25) is 9.59 Å². The minimum Gasteiger partial charge on any atom is -0.395 e. The molecule has 6 heteroatoms. The van der Waals surface area contributed by atoms with Gasteiger partial charge >= 0.3 is 0 Å². The fraction of sp³-hybridized carbons (Fsp3) is 0.429. The van der Waals surface area contributed by atoms with E-state index in [1.165, 1.54) is 11.3 Å². The van der Waals surface area contributed by atoms with Gasteiger partial charge < -0.3 is 15.3 Å². The number of rotatable bonds is 2. The molecule has 0 aliphatic carbocycles. The molecule has 1 aromatic rings. The number of carbonyl (C=O) groups excluding carboxylic acids is 2. The van der Waals surface area contributed by atoms with Crippen molar-refractivity contribution < 1.29 is 14.7 Å². The molecule has 0 radical (unpaired) electrons. The van der Waals surface area contributed by atoms with Crippen molar-refractivity contribution in [1.82, 2.24) is 10.2 Å². The van der Waals surface area contributed by atoms with E-state index in [0.29, 0.717) is 42.9 Å². The summed E-state index contributed by atoms with van der Waals surface area (Å²) in [6, 6.07) is 1.81. The average Bonchev–Trinajstić information content (AvgIpc) is 2.80. The summed E-state index contributed by atoms with van der Waals surface area (Å²) in [5.74, 6) is 5.64. The number of aliphatic hydroxyl groups is 1. The van der Waals surface area contributed by atoms with Crippen molar-refractivity contribution in [2.24, 2.45) is 0 Å². The van der Waals surface area contributed by atoms with Gasteiger partial charge in [0.1, 0.15) is 4.88 Å². The van der Waals surface area contributed by atoms with Crippen LogP contribution in [0.1, 0.15) is 28.1 Å². The highest BCUT2D eigenvalue weighted by atomic mass is 32.1. The number of hydrogen-bond donors (Lipinski definition) is 2. The highest BCUT2D eigenvalue weighted by Gasteiger charge is 2.22. The van der Waals surface area contributed by atoms with E-state index >= 15 is 0 Å². The molecule has 106 valence electrons. The van der Waals surface area contributed by atoms with Crippen molar-refractivity contribution in [3.63, 3.8) is 0 Å². The summed E-state index contributed by atoms with van der Waals surface area (Å²) in [5.41, 5.74) is 0.692. The Morgan fingerprint density at radius 1 is 1.50 bits per heavy atom. The van der Waals surface area contributed by atoms with Gasteiger partial charge in [0.25, 0.3) is 5.91 Å². The van der Waals surface area contributed by atoms with Crippen LogP contribution >= 0.6 is 11.3 Å². The quantitative estimate of drug-likeness (QED) is 0.777. The number of carbonyl (C=O) groups is 2. The first-order chi connectivity index (χ1) is 9.72. The Bertz CT molecular complexity index is 556. The Labute approximate surface area is 121 Å². The number of nitrogens with zero attached hydrogens (tertiary/aromatic N) is 1. The van der Waals surface area contributed by atoms with E-state index in [1.54, 1.807) is 4.90 Å². The second-order valence-electron chi connectivity index (χ2n) is 4.33. The first kappa shape index (κ1) is 14.6. The summed E-state index contributed by atoms with van der Waals surface area (Å²) in [4.78, 5) is 26.0. The van der Waals surface area contributed by atoms with Crippen molar-refractivity contribution >= 4 is 23.2 Å². The van der Waals surface area contributed by atoms with Gasteiger partial charge in [0.2, 0.25) is 5.91 Å². The molecule has 0 bridgehead atoms. The van der Waals surface area contributed by atoms with Crippen LogP contribution in [0.15, 0.2) is 11.4 Å². The Balaban J connectivity index is 2.11. The van der Waals surface area contributed by atoms with E-state index in [1.807, 2.05) is 11.4 Å². The van der Waals surface area contributed by atoms with Crippen LogP contribution in [-0.2, 0) is 4.79 Å². The lowest BCUT2D eigenvalue weighted by Gasteiger charge is -2.18. The minimum absolute atomic E-state index is 0.0142. The predicted octanol–water partition coefficient (Wildman–Crippen LogP) is 0.444. The smallest absolute Gasteiger partial charge is 0.265 e. The summed E-state index contributed by atoms with van der Waals surface area (Å²) in [7, 11) is 0. The molecule has 0 atom stereocenters. The molecule has 1 fully saturated rings. The van der Waals surface area contributed by atoms with Crippen LogP contribution in [0.5, 0.6) is 0 Å². The van der Waals surface area contributed by atoms with Crippen LogP contribution in [0.4, 0.5) is 0 Å². The summed E-state index contributed by atoms with van der Waals surface area (Å²) in [6.07, 6.45) is 0.730. The predicted molar refractivity (Wildman–Crippen MR) is 76.4 cm³/mol. The number of nitrogens with one attached hydrogen (secondary N) is 1. The molecule has 1 aliphatic rings. The largest absolute Gasteiger partial charge is 0.395 e. The Hall–Kier alpha value is -1.84. The summed E-state index contributed by atoms with van der Waals surface area (Å²) >= 11 is 1.36. The monoisotopic (exact) mass is 292 g/mol. The van der Waals surface area contributed by atoms with Gasteiger partial charge in [0.05, 0.1) is 6.61 Å². The lowest BCUT2D eigenvalue weighted by atomic mass is 10.2. The van der Waals surface area contributed by atoms with E-state index in [9.17, 15) is 9.59 Å². The molecular weight excluding hydrogens is 276 g/mol. The second kappa shape index (κ2) is 7.08. The third kappa shape index (κ3) is 3.59. The molecule has 0 spiro atoms. The molecule has 1 aliphatic heterocycles. The van der Waals surface area contributed by atoms with Crippen molar-refractivity contribution in [1.29, 1.82) is 0 Å². The van der Waals surface area contributed by atoms with Crippen LogP contribution in [0.2, 0.25) is 0 Å². The Morgan fingerprint density at radius 3 is 3.15 bits per heavy atom. The van der Waals surface area contributed by atoms with Crippen molar-refractivity contribution in [3.8, 4) is 11.8 Å². The molecule has 5 nitrogen and oxygen atoms in total. The highest BCUT2D eigenvalue weighted by molar-refractivity contribution is 7.12. The summed E-state index contributed by atoms with van der Waals surface area (Å²) in [6.45, 7) is 1.46. The SMILES string of the molecule is O=C1CCN(C(=O)c2sccc2C#CCCO)CCN1. The zero-order chi connectivity index (χ0) is 14.4. The van der Waals surface area contributed by atoms with Crippen LogP contribution < -0.4 is 5.32 Å². The van der Waals surface area contributed by atoms with Gasteiger partial charge in [-0.05, 0) is 11.4 Å². The minimum atomic E-state index is -0.0789. The third-order valence-electron chi connectivity index (χ3n) is 2.92. The van der Waals surface area contributed by atoms with Crippen molar-refractivity contribution in [3.05, 3.63) is 21.9 Å². The molecule has 1 saturated heterocycles. The van der Waals surface area contributed by atoms with Crippen LogP contribution in [-0.4, -0.2) is 48.1 Å². The number of hydrogen-bond acceptors (Lipinski definition) is 4. The second-order valence-corrected chi connectivity index (χ2v) is 5.25. The molecule has 2 heterocycles. The van der Waals surface area contributed by atoms with Gasteiger partial charge in [-0.1, -0.05) is 11.8 Å². The van der Waals surface area contributed by atoms with Gasteiger partial charge in [0, 0.05) is 38.0 Å². The van der Waals surface area contributed by atoms with Crippen molar-refractivity contribution in [2.45, 2.75) is 12.8 Å². The van der Waals surface area contributed by atoms with E-state index in [4.69, 9.17) is 5.11 Å². The van der Waals surface area contributed by atoms with Crippen LogP contribution in [0.3, 0.4) is 0 Å². The maximum Gasteiger partial charge on any atom is 0.265 e. The first-order valence-electron chi connectivity index (χ1n) is 6.45. The normalized spacial score (nSPS) is 15.1. The molecule has 0 saturated carbocycles. The fourth-order valence-corrected chi connectivity index (χ4v) is 2.72. The van der Waals surface area contributed by atoms with Gasteiger partial charge in [-0.15, -0.1) is 11.3 Å². The van der Waals surface area contributed by atoms with E-state index in [0.717, 1.165) is 0 Å². The van der Waals surface area contributed by atoms with Gasteiger partial charge in [0.15, 0.2) is 0 Å². The molecule has 20 heavy (non-hydrogen) atoms. The number of amides is 2. The molecular formula is C14H16N2O3S. The van der Waals surface area contributed by atoms with E-state index in [-0.39, 0.29) is 18.4 Å². The zero-order valence-electron chi connectivity index (χ0n) is 11.0. The molecule has 0 aromatic carbocycles. The first-order valence-corrected chi connectivity index (χ1v) is 7.33. The maximum atomic E-state index is 12.5. The van der Waals surface area contributed by atoms with E-state index in [2.05, 4.69) is 17.2 Å². The Morgan fingerprint density at radius 2 is 2.35 bits per heavy atom. The lowest BCUT2D eigenvalue weighted by Crippen LogP contribution is -2.34. The third-order valence-corrected chi connectivity index (χ3v) is 3.82. The maximum absolute atomic E-state index is 12.5. The molecule has 2 N–H and O–H groups in total. The van der Waals surface area contributed by atoms with Crippen LogP contribution in [0.25, 0.3) is 0 Å². The number of thiophene rings is 1. The average molecular weight is 292 g/mol. The topological polar surface area (TPSA) is 69.6 Å². The lowest BCUT2D eigenvalue weighted by molar-refractivity contribution is -0.120. The van der Waals surface area contributed by atoms with E-state index < -0.39 is 0 Å². The zero-order valence-corrected chi connectivity index (χ0v) is 11.8.